The average Bonchev–Trinajstić information content (AvgIpc) is 2.95. The van der Waals surface area contributed by atoms with E-state index in [-0.39, 0.29) is 12.0 Å². The highest BCUT2D eigenvalue weighted by atomic mass is 16.5. The van der Waals surface area contributed by atoms with Crippen molar-refractivity contribution in [3.8, 4) is 5.75 Å². The third-order valence-corrected chi connectivity index (χ3v) is 3.65. The van der Waals surface area contributed by atoms with Gasteiger partial charge in [0.15, 0.2) is 0 Å². The second-order valence-corrected chi connectivity index (χ2v) is 5.06. The zero-order chi connectivity index (χ0) is 14.7. The van der Waals surface area contributed by atoms with E-state index in [4.69, 9.17) is 4.74 Å². The number of rotatable bonds is 4. The van der Waals surface area contributed by atoms with Crippen molar-refractivity contribution < 1.29 is 9.53 Å². The number of benzene rings is 2. The highest BCUT2D eigenvalue weighted by Gasteiger charge is 2.23. The van der Waals surface area contributed by atoms with Crippen molar-refractivity contribution in [2.75, 3.05) is 18.9 Å². The molecule has 0 radical (unpaired) electrons. The molecule has 0 saturated heterocycles. The maximum atomic E-state index is 12.2. The predicted octanol–water partition coefficient (Wildman–Crippen LogP) is 2.46. The summed E-state index contributed by atoms with van der Waals surface area (Å²) in [6, 6.07) is 15.5. The number of hydrogen-bond acceptors (Lipinski definition) is 3. The summed E-state index contributed by atoms with van der Waals surface area (Å²) in [5, 5.41) is 5.97. The first kappa shape index (κ1) is 13.5. The summed E-state index contributed by atoms with van der Waals surface area (Å²) in [6.45, 7) is 0.506. The summed E-state index contributed by atoms with van der Waals surface area (Å²) in [7, 11) is 1.81. The molecule has 2 aromatic rings. The molecule has 4 nitrogen and oxygen atoms in total. The molecule has 3 rings (SSSR count). The molecule has 1 aliphatic heterocycles. The van der Waals surface area contributed by atoms with Crippen LogP contribution in [0.5, 0.6) is 5.75 Å². The van der Waals surface area contributed by atoms with Gasteiger partial charge in [0, 0.05) is 19.2 Å². The molecule has 1 amide bonds. The second kappa shape index (κ2) is 5.87. The summed E-state index contributed by atoms with van der Waals surface area (Å²) < 4.78 is 5.82. The normalized spacial score (nSPS) is 16.0. The number of amides is 1. The molecule has 1 aliphatic rings. The van der Waals surface area contributed by atoms with E-state index in [1.807, 2.05) is 49.5 Å². The maximum absolute atomic E-state index is 12.2. The van der Waals surface area contributed by atoms with Crippen molar-refractivity contribution in [1.82, 2.24) is 5.32 Å². The second-order valence-electron chi connectivity index (χ2n) is 5.06. The lowest BCUT2D eigenvalue weighted by atomic mass is 10.1. The summed E-state index contributed by atoms with van der Waals surface area (Å²) in [4.78, 5) is 12.2. The third kappa shape index (κ3) is 2.84. The lowest BCUT2D eigenvalue weighted by Crippen LogP contribution is -2.34. The van der Waals surface area contributed by atoms with Gasteiger partial charge < -0.3 is 15.4 Å². The fourth-order valence-corrected chi connectivity index (χ4v) is 2.57. The van der Waals surface area contributed by atoms with Crippen LogP contribution < -0.4 is 15.4 Å². The van der Waals surface area contributed by atoms with Crippen LogP contribution in [-0.2, 0) is 6.42 Å². The lowest BCUT2D eigenvalue weighted by molar-refractivity contribution is 0.0934. The average molecular weight is 282 g/mol. The van der Waals surface area contributed by atoms with E-state index in [1.165, 1.54) is 5.56 Å². The van der Waals surface area contributed by atoms with Gasteiger partial charge in [-0.1, -0.05) is 30.3 Å². The standard InChI is InChI=1S/C17H18N2O2/c1-18-15-8-4-3-7-14(15)17(20)19-11-13-10-12-6-2-5-9-16(12)21-13/h2-9,13,18H,10-11H2,1H3,(H,19,20). The van der Waals surface area contributed by atoms with Gasteiger partial charge in [0.1, 0.15) is 11.9 Å². The maximum Gasteiger partial charge on any atom is 0.253 e. The van der Waals surface area contributed by atoms with Gasteiger partial charge in [0.25, 0.3) is 5.91 Å². The molecule has 2 N–H and O–H groups in total. The third-order valence-electron chi connectivity index (χ3n) is 3.65. The van der Waals surface area contributed by atoms with Crippen molar-refractivity contribution in [3.05, 3.63) is 59.7 Å². The predicted molar refractivity (Wildman–Crippen MR) is 82.9 cm³/mol. The van der Waals surface area contributed by atoms with E-state index >= 15 is 0 Å². The lowest BCUT2D eigenvalue weighted by Gasteiger charge is -2.13. The highest BCUT2D eigenvalue weighted by Crippen LogP contribution is 2.27. The molecule has 21 heavy (non-hydrogen) atoms. The van der Waals surface area contributed by atoms with Crippen molar-refractivity contribution in [2.24, 2.45) is 0 Å². The summed E-state index contributed by atoms with van der Waals surface area (Å²) in [6.07, 6.45) is 0.845. The number of ether oxygens (including phenoxy) is 1. The van der Waals surface area contributed by atoms with Gasteiger partial charge in [-0.05, 0) is 23.8 Å². The van der Waals surface area contributed by atoms with E-state index in [1.54, 1.807) is 0 Å². The van der Waals surface area contributed by atoms with Crippen LogP contribution in [0.25, 0.3) is 0 Å². The van der Waals surface area contributed by atoms with Crippen LogP contribution in [-0.4, -0.2) is 25.6 Å². The molecule has 0 spiro atoms. The molecule has 0 aliphatic carbocycles. The van der Waals surface area contributed by atoms with Gasteiger partial charge in [-0.3, -0.25) is 4.79 Å². The molecule has 1 atom stereocenters. The van der Waals surface area contributed by atoms with Crippen LogP contribution >= 0.6 is 0 Å². The number of nitrogens with one attached hydrogen (secondary N) is 2. The molecule has 0 bridgehead atoms. The van der Waals surface area contributed by atoms with E-state index in [2.05, 4.69) is 16.7 Å². The smallest absolute Gasteiger partial charge is 0.253 e. The van der Waals surface area contributed by atoms with Gasteiger partial charge in [-0.15, -0.1) is 0 Å². The number of anilines is 1. The van der Waals surface area contributed by atoms with E-state index in [9.17, 15) is 4.79 Å². The Labute approximate surface area is 124 Å². The summed E-state index contributed by atoms with van der Waals surface area (Å²) in [5.74, 6) is 0.840. The van der Waals surface area contributed by atoms with Crippen molar-refractivity contribution >= 4 is 11.6 Å². The zero-order valence-corrected chi connectivity index (χ0v) is 11.9. The van der Waals surface area contributed by atoms with Gasteiger partial charge in [-0.2, -0.15) is 0 Å². The van der Waals surface area contributed by atoms with Crippen molar-refractivity contribution in [3.63, 3.8) is 0 Å². The Kier molecular flexibility index (Phi) is 3.77. The molecular formula is C17H18N2O2. The van der Waals surface area contributed by atoms with Crippen LogP contribution in [0.3, 0.4) is 0 Å². The van der Waals surface area contributed by atoms with Crippen molar-refractivity contribution in [1.29, 1.82) is 0 Å². The first-order valence-electron chi connectivity index (χ1n) is 7.07. The van der Waals surface area contributed by atoms with Crippen LogP contribution in [0.15, 0.2) is 48.5 Å². The molecule has 0 fully saturated rings. The Balaban J connectivity index is 1.60. The van der Waals surface area contributed by atoms with Gasteiger partial charge in [0.2, 0.25) is 0 Å². The summed E-state index contributed by atoms with van der Waals surface area (Å²) >= 11 is 0. The minimum absolute atomic E-state index is 0.00750. The van der Waals surface area contributed by atoms with Gasteiger partial charge in [-0.25, -0.2) is 0 Å². The van der Waals surface area contributed by atoms with Gasteiger partial charge in [0.05, 0.1) is 12.1 Å². The number of hydrogen-bond donors (Lipinski definition) is 2. The Morgan fingerprint density at radius 3 is 2.76 bits per heavy atom. The molecule has 2 aromatic carbocycles. The number of para-hydroxylation sites is 2. The molecular weight excluding hydrogens is 264 g/mol. The number of carbonyl (C=O) groups excluding carboxylic acids is 1. The Morgan fingerprint density at radius 2 is 1.95 bits per heavy atom. The van der Waals surface area contributed by atoms with Crippen LogP contribution in [0.2, 0.25) is 0 Å². The minimum Gasteiger partial charge on any atom is -0.488 e. The fourth-order valence-electron chi connectivity index (χ4n) is 2.57. The quantitative estimate of drug-likeness (QED) is 0.905. The Morgan fingerprint density at radius 1 is 1.19 bits per heavy atom. The topological polar surface area (TPSA) is 50.4 Å². The first-order chi connectivity index (χ1) is 10.3. The van der Waals surface area contributed by atoms with E-state index in [0.29, 0.717) is 12.1 Å². The molecule has 1 heterocycles. The molecule has 4 heteroatoms. The Bertz CT molecular complexity index is 630. The molecule has 0 saturated carbocycles. The number of carbonyl (C=O) groups is 1. The van der Waals surface area contributed by atoms with E-state index < -0.39 is 0 Å². The highest BCUT2D eigenvalue weighted by molar-refractivity contribution is 5.99. The largest absolute Gasteiger partial charge is 0.488 e. The van der Waals surface area contributed by atoms with Crippen LogP contribution in [0.4, 0.5) is 5.69 Å². The monoisotopic (exact) mass is 282 g/mol. The molecule has 1 unspecified atom stereocenters. The summed E-state index contributed by atoms with van der Waals surface area (Å²) in [5.41, 5.74) is 2.67. The SMILES string of the molecule is CNc1ccccc1C(=O)NCC1Cc2ccccc2O1. The fraction of sp³-hybridized carbons (Fsp3) is 0.235. The zero-order valence-electron chi connectivity index (χ0n) is 11.9. The van der Waals surface area contributed by atoms with Crippen LogP contribution in [0.1, 0.15) is 15.9 Å². The number of fused-ring (bicyclic) bond motifs is 1. The Hall–Kier alpha value is -2.49. The van der Waals surface area contributed by atoms with E-state index in [0.717, 1.165) is 17.9 Å². The van der Waals surface area contributed by atoms with Crippen LogP contribution in [0, 0.1) is 0 Å². The molecule has 0 aromatic heterocycles. The van der Waals surface area contributed by atoms with Gasteiger partial charge >= 0.3 is 0 Å². The first-order valence-corrected chi connectivity index (χ1v) is 7.07. The molecule has 108 valence electrons. The van der Waals surface area contributed by atoms with Crippen molar-refractivity contribution in [2.45, 2.75) is 12.5 Å². The minimum atomic E-state index is -0.0838.